The topological polar surface area (TPSA) is 119 Å². The Morgan fingerprint density at radius 1 is 0.875 bits per heavy atom. The Kier molecular flexibility index (Phi) is 7.01. The van der Waals surface area contributed by atoms with Crippen molar-refractivity contribution in [2.45, 2.75) is 11.8 Å². The molecule has 2 N–H and O–H groups in total. The minimum atomic E-state index is -3.82. The van der Waals surface area contributed by atoms with Crippen molar-refractivity contribution in [2.24, 2.45) is 0 Å². The van der Waals surface area contributed by atoms with Crippen molar-refractivity contribution < 1.29 is 27.5 Å². The van der Waals surface area contributed by atoms with E-state index in [1.807, 2.05) is 0 Å². The number of carbonyl (C=O) groups excluding carboxylic acids is 3. The van der Waals surface area contributed by atoms with E-state index >= 15 is 0 Å². The number of anilines is 2. The van der Waals surface area contributed by atoms with E-state index in [1.165, 1.54) is 43.3 Å². The molecule has 0 aliphatic heterocycles. The van der Waals surface area contributed by atoms with Gasteiger partial charge >= 0.3 is 5.97 Å². The summed E-state index contributed by atoms with van der Waals surface area (Å²) in [5.74, 6) is -1.64. The van der Waals surface area contributed by atoms with Gasteiger partial charge in [0.15, 0.2) is 12.4 Å². The maximum absolute atomic E-state index is 12.4. The average Bonchev–Trinajstić information content (AvgIpc) is 2.78. The van der Waals surface area contributed by atoms with E-state index in [4.69, 9.17) is 4.74 Å². The number of Topliss-reactive ketones (excluding diaryl/α,β-unsaturated/α-hetero) is 1. The number of hydrogen-bond acceptors (Lipinski definition) is 6. The quantitative estimate of drug-likeness (QED) is 0.399. The fraction of sp³-hybridized carbons (Fsp3) is 0.0870. The lowest BCUT2D eigenvalue weighted by molar-refractivity contribution is -0.119. The Labute approximate surface area is 185 Å². The van der Waals surface area contributed by atoms with Gasteiger partial charge in [-0.25, -0.2) is 13.2 Å². The zero-order chi connectivity index (χ0) is 23.1. The van der Waals surface area contributed by atoms with Gasteiger partial charge < -0.3 is 10.1 Å². The van der Waals surface area contributed by atoms with Gasteiger partial charge in [-0.1, -0.05) is 36.4 Å². The standard InChI is InChI=1S/C23H20N2O6S/c1-16(26)20-12-5-6-13-21(20)24-22(27)15-31-23(28)17-8-7-9-18(14-17)25-32(29,30)19-10-3-2-4-11-19/h2-14,25H,15H2,1H3,(H,24,27). The van der Waals surface area contributed by atoms with Crippen LogP contribution in [-0.4, -0.2) is 32.7 Å². The maximum atomic E-state index is 12.4. The van der Waals surface area contributed by atoms with Crippen LogP contribution in [0, 0.1) is 0 Å². The molecule has 0 radical (unpaired) electrons. The number of sulfonamides is 1. The second kappa shape index (κ2) is 9.88. The zero-order valence-electron chi connectivity index (χ0n) is 17.1. The predicted octanol–water partition coefficient (Wildman–Crippen LogP) is 3.49. The van der Waals surface area contributed by atoms with Crippen LogP contribution in [0.4, 0.5) is 11.4 Å². The Morgan fingerprint density at radius 2 is 1.56 bits per heavy atom. The third kappa shape index (κ3) is 5.79. The lowest BCUT2D eigenvalue weighted by Crippen LogP contribution is -2.22. The van der Waals surface area contributed by atoms with Crippen molar-refractivity contribution in [3.8, 4) is 0 Å². The van der Waals surface area contributed by atoms with Crippen LogP contribution >= 0.6 is 0 Å². The van der Waals surface area contributed by atoms with Crippen LogP contribution in [0.1, 0.15) is 27.6 Å². The molecule has 3 aromatic rings. The predicted molar refractivity (Wildman–Crippen MR) is 119 cm³/mol. The summed E-state index contributed by atoms with van der Waals surface area (Å²) in [4.78, 5) is 36.2. The molecule has 3 aromatic carbocycles. The van der Waals surface area contributed by atoms with E-state index in [2.05, 4.69) is 10.0 Å². The highest BCUT2D eigenvalue weighted by Crippen LogP contribution is 2.18. The molecule has 164 valence electrons. The lowest BCUT2D eigenvalue weighted by atomic mass is 10.1. The van der Waals surface area contributed by atoms with Gasteiger partial charge in [-0.15, -0.1) is 0 Å². The first kappa shape index (κ1) is 22.7. The first-order valence-corrected chi connectivity index (χ1v) is 11.0. The number of hydrogen-bond donors (Lipinski definition) is 2. The highest BCUT2D eigenvalue weighted by atomic mass is 32.2. The minimum absolute atomic E-state index is 0.0650. The van der Waals surface area contributed by atoms with Crippen molar-refractivity contribution in [1.29, 1.82) is 0 Å². The summed E-state index contributed by atoms with van der Waals surface area (Å²) >= 11 is 0. The van der Waals surface area contributed by atoms with Gasteiger partial charge in [-0.2, -0.15) is 0 Å². The molecule has 1 amide bonds. The van der Waals surface area contributed by atoms with Crippen molar-refractivity contribution >= 4 is 39.1 Å². The van der Waals surface area contributed by atoms with Crippen LogP contribution in [0.5, 0.6) is 0 Å². The van der Waals surface area contributed by atoms with Crippen LogP contribution in [0.3, 0.4) is 0 Å². The number of rotatable bonds is 8. The first-order chi connectivity index (χ1) is 15.3. The van der Waals surface area contributed by atoms with Gasteiger partial charge in [-0.05, 0) is 49.4 Å². The molecular formula is C23H20N2O6S. The summed E-state index contributed by atoms with van der Waals surface area (Å²) in [5.41, 5.74) is 0.891. The Bertz CT molecular complexity index is 1260. The van der Waals surface area contributed by atoms with Crippen LogP contribution < -0.4 is 10.0 Å². The molecule has 0 spiro atoms. The molecular weight excluding hydrogens is 432 g/mol. The minimum Gasteiger partial charge on any atom is -0.452 e. The summed E-state index contributed by atoms with van der Waals surface area (Å²) in [7, 11) is -3.82. The van der Waals surface area contributed by atoms with E-state index in [0.29, 0.717) is 11.3 Å². The first-order valence-electron chi connectivity index (χ1n) is 9.51. The monoisotopic (exact) mass is 452 g/mol. The third-order valence-electron chi connectivity index (χ3n) is 4.32. The van der Waals surface area contributed by atoms with E-state index in [0.717, 1.165) is 0 Å². The second-order valence-corrected chi connectivity index (χ2v) is 8.41. The molecule has 0 heterocycles. The molecule has 0 aromatic heterocycles. The molecule has 9 heteroatoms. The smallest absolute Gasteiger partial charge is 0.338 e. The molecule has 0 bridgehead atoms. The molecule has 0 saturated heterocycles. The molecule has 3 rings (SSSR count). The van der Waals surface area contributed by atoms with Gasteiger partial charge in [0, 0.05) is 11.3 Å². The highest BCUT2D eigenvalue weighted by molar-refractivity contribution is 7.92. The molecule has 0 unspecified atom stereocenters. The van der Waals surface area contributed by atoms with Crippen molar-refractivity contribution in [3.05, 3.63) is 90.0 Å². The zero-order valence-corrected chi connectivity index (χ0v) is 17.9. The fourth-order valence-electron chi connectivity index (χ4n) is 2.82. The number of para-hydroxylation sites is 1. The van der Waals surface area contributed by atoms with Crippen LogP contribution in [-0.2, 0) is 19.6 Å². The number of carbonyl (C=O) groups is 3. The van der Waals surface area contributed by atoms with Crippen LogP contribution in [0.15, 0.2) is 83.8 Å². The number of ketones is 1. The molecule has 32 heavy (non-hydrogen) atoms. The van der Waals surface area contributed by atoms with Gasteiger partial charge in [0.1, 0.15) is 0 Å². The molecule has 0 aliphatic carbocycles. The highest BCUT2D eigenvalue weighted by Gasteiger charge is 2.16. The Morgan fingerprint density at radius 3 is 2.28 bits per heavy atom. The summed E-state index contributed by atoms with van der Waals surface area (Å²) < 4.78 is 32.3. The van der Waals surface area contributed by atoms with Gasteiger partial charge in [0.25, 0.3) is 15.9 Å². The van der Waals surface area contributed by atoms with E-state index in [1.54, 1.807) is 42.5 Å². The second-order valence-electron chi connectivity index (χ2n) is 6.73. The normalized spacial score (nSPS) is 10.8. The number of esters is 1. The van der Waals surface area contributed by atoms with Crippen molar-refractivity contribution in [3.63, 3.8) is 0 Å². The third-order valence-corrected chi connectivity index (χ3v) is 5.72. The molecule has 0 aliphatic rings. The van der Waals surface area contributed by atoms with Crippen molar-refractivity contribution in [1.82, 2.24) is 0 Å². The summed E-state index contributed by atoms with van der Waals surface area (Å²) in [6.07, 6.45) is 0. The fourth-order valence-corrected chi connectivity index (χ4v) is 3.89. The van der Waals surface area contributed by atoms with E-state index in [9.17, 15) is 22.8 Å². The molecule has 0 atom stereocenters. The molecule has 0 fully saturated rings. The number of benzene rings is 3. The number of ether oxygens (including phenoxy) is 1. The van der Waals surface area contributed by atoms with E-state index < -0.39 is 28.5 Å². The van der Waals surface area contributed by atoms with Gasteiger partial charge in [0.2, 0.25) is 0 Å². The maximum Gasteiger partial charge on any atom is 0.338 e. The Hall–Kier alpha value is -3.98. The SMILES string of the molecule is CC(=O)c1ccccc1NC(=O)COC(=O)c1cccc(NS(=O)(=O)c2ccccc2)c1. The summed E-state index contributed by atoms with van der Waals surface area (Å²) in [6, 6.07) is 20.0. The molecule has 0 saturated carbocycles. The average molecular weight is 452 g/mol. The molecule has 8 nitrogen and oxygen atoms in total. The van der Waals surface area contributed by atoms with Crippen LogP contribution in [0.25, 0.3) is 0 Å². The largest absolute Gasteiger partial charge is 0.452 e. The summed E-state index contributed by atoms with van der Waals surface area (Å²) in [6.45, 7) is 0.801. The number of amides is 1. The van der Waals surface area contributed by atoms with E-state index in [-0.39, 0.29) is 21.9 Å². The lowest BCUT2D eigenvalue weighted by Gasteiger charge is -2.11. The van der Waals surface area contributed by atoms with Crippen molar-refractivity contribution in [2.75, 3.05) is 16.6 Å². The Balaban J connectivity index is 1.63. The van der Waals surface area contributed by atoms with Gasteiger partial charge in [0.05, 0.1) is 16.1 Å². The van der Waals surface area contributed by atoms with Crippen LogP contribution in [0.2, 0.25) is 0 Å². The summed E-state index contributed by atoms with van der Waals surface area (Å²) in [5, 5.41) is 2.53. The number of nitrogens with one attached hydrogen (secondary N) is 2. The van der Waals surface area contributed by atoms with Gasteiger partial charge in [-0.3, -0.25) is 14.3 Å².